The fourth-order valence-electron chi connectivity index (χ4n) is 2.67. The molecule has 1 saturated carbocycles. The normalized spacial score (nSPS) is 23.5. The Morgan fingerprint density at radius 3 is 2.72 bits per heavy atom. The van der Waals surface area contributed by atoms with Crippen molar-refractivity contribution >= 4 is 0 Å². The van der Waals surface area contributed by atoms with Crippen LogP contribution in [0.15, 0.2) is 17.2 Å². The van der Waals surface area contributed by atoms with Gasteiger partial charge in [-0.05, 0) is 32.6 Å². The highest BCUT2D eigenvalue weighted by Gasteiger charge is 2.36. The van der Waals surface area contributed by atoms with Crippen LogP contribution in [0.4, 0.5) is 8.78 Å². The van der Waals surface area contributed by atoms with E-state index in [9.17, 15) is 13.6 Å². The first-order chi connectivity index (χ1) is 8.39. The predicted molar refractivity (Wildman–Crippen MR) is 66.0 cm³/mol. The molecule has 0 saturated heterocycles. The number of imidazole rings is 1. The Morgan fingerprint density at radius 1 is 1.44 bits per heavy atom. The highest BCUT2D eigenvalue weighted by atomic mass is 19.3. The van der Waals surface area contributed by atoms with Gasteiger partial charge in [0.2, 0.25) is 5.92 Å². The van der Waals surface area contributed by atoms with Gasteiger partial charge in [0.05, 0.1) is 0 Å². The minimum absolute atomic E-state index is 0.00853. The number of nitrogens with zero attached hydrogens (tertiary/aromatic N) is 2. The third-order valence-corrected chi connectivity index (χ3v) is 3.63. The lowest BCUT2D eigenvalue weighted by molar-refractivity contribution is -0.0548. The Kier molecular flexibility index (Phi) is 3.59. The number of aromatic nitrogens is 2. The van der Waals surface area contributed by atoms with Crippen LogP contribution in [0.3, 0.4) is 0 Å². The molecule has 5 heteroatoms. The van der Waals surface area contributed by atoms with Crippen LogP contribution in [0.2, 0.25) is 0 Å². The molecule has 1 atom stereocenters. The largest absolute Gasteiger partial charge is 0.328 e. The van der Waals surface area contributed by atoms with Crippen molar-refractivity contribution in [1.82, 2.24) is 9.13 Å². The molecule has 1 heterocycles. The molecule has 0 amide bonds. The lowest BCUT2D eigenvalue weighted by Crippen LogP contribution is -2.32. The van der Waals surface area contributed by atoms with E-state index in [0.717, 1.165) is 6.42 Å². The second-order valence-corrected chi connectivity index (χ2v) is 5.55. The van der Waals surface area contributed by atoms with Gasteiger partial charge in [0, 0.05) is 37.8 Å². The molecular formula is C13H20F2N2O. The average molecular weight is 258 g/mol. The van der Waals surface area contributed by atoms with Crippen LogP contribution in [-0.2, 0) is 6.54 Å². The molecule has 0 bridgehead atoms. The minimum Gasteiger partial charge on any atom is -0.299 e. The van der Waals surface area contributed by atoms with Crippen molar-refractivity contribution in [2.45, 2.75) is 58.0 Å². The summed E-state index contributed by atoms with van der Waals surface area (Å²) in [6.45, 7) is 4.27. The number of hydrogen-bond acceptors (Lipinski definition) is 1. The maximum atomic E-state index is 13.3. The predicted octanol–water partition coefficient (Wildman–Crippen LogP) is 3.06. The van der Waals surface area contributed by atoms with Crippen molar-refractivity contribution < 1.29 is 8.78 Å². The minimum atomic E-state index is -2.55. The average Bonchev–Trinajstić information content (AvgIpc) is 2.59. The quantitative estimate of drug-likeness (QED) is 0.818. The summed E-state index contributed by atoms with van der Waals surface area (Å²) in [5, 5.41) is 0. The fraction of sp³-hybridized carbons (Fsp3) is 0.769. The highest BCUT2D eigenvalue weighted by molar-refractivity contribution is 4.86. The smallest absolute Gasteiger partial charge is 0.299 e. The van der Waals surface area contributed by atoms with Crippen molar-refractivity contribution in [3.8, 4) is 0 Å². The van der Waals surface area contributed by atoms with Crippen molar-refractivity contribution in [2.24, 2.45) is 5.92 Å². The lowest BCUT2D eigenvalue weighted by atomic mass is 9.86. The lowest BCUT2D eigenvalue weighted by Gasteiger charge is -2.28. The van der Waals surface area contributed by atoms with E-state index in [4.69, 9.17) is 0 Å². The molecular weight excluding hydrogens is 238 g/mol. The van der Waals surface area contributed by atoms with Gasteiger partial charge in [0.15, 0.2) is 0 Å². The molecule has 1 aliphatic rings. The van der Waals surface area contributed by atoms with Crippen LogP contribution in [0.5, 0.6) is 0 Å². The Morgan fingerprint density at radius 2 is 2.17 bits per heavy atom. The van der Waals surface area contributed by atoms with Gasteiger partial charge in [0.25, 0.3) is 0 Å². The van der Waals surface area contributed by atoms with E-state index in [1.54, 1.807) is 21.5 Å². The zero-order valence-electron chi connectivity index (χ0n) is 10.9. The Balaban J connectivity index is 2.08. The summed E-state index contributed by atoms with van der Waals surface area (Å²) < 4.78 is 29.8. The molecule has 0 spiro atoms. The van der Waals surface area contributed by atoms with Crippen molar-refractivity contribution in [2.75, 3.05) is 0 Å². The van der Waals surface area contributed by atoms with Crippen LogP contribution < -0.4 is 5.69 Å². The van der Waals surface area contributed by atoms with Crippen LogP contribution in [0.1, 0.15) is 45.6 Å². The van der Waals surface area contributed by atoms with E-state index in [1.807, 2.05) is 13.8 Å². The molecule has 0 N–H and O–H groups in total. The maximum Gasteiger partial charge on any atom is 0.328 e. The molecule has 2 rings (SSSR count). The number of alkyl halides is 2. The zero-order valence-corrected chi connectivity index (χ0v) is 10.9. The van der Waals surface area contributed by atoms with E-state index >= 15 is 0 Å². The molecule has 1 aromatic heterocycles. The molecule has 3 nitrogen and oxygen atoms in total. The van der Waals surface area contributed by atoms with Gasteiger partial charge in [-0.25, -0.2) is 13.6 Å². The van der Waals surface area contributed by atoms with Gasteiger partial charge in [-0.3, -0.25) is 9.13 Å². The molecule has 0 aromatic carbocycles. The first-order valence-corrected chi connectivity index (χ1v) is 6.54. The van der Waals surface area contributed by atoms with Gasteiger partial charge in [-0.15, -0.1) is 0 Å². The SMILES string of the molecule is CC(C)n1ccn(CC2CCCC(F)(F)C2)c1=O. The number of hydrogen-bond donors (Lipinski definition) is 0. The zero-order chi connectivity index (χ0) is 13.3. The molecule has 1 fully saturated rings. The van der Waals surface area contributed by atoms with Gasteiger partial charge >= 0.3 is 5.69 Å². The number of rotatable bonds is 3. The van der Waals surface area contributed by atoms with Crippen LogP contribution in [-0.4, -0.2) is 15.1 Å². The van der Waals surface area contributed by atoms with E-state index < -0.39 is 5.92 Å². The Hall–Kier alpha value is -1.13. The summed E-state index contributed by atoms with van der Waals surface area (Å²) in [7, 11) is 0. The third kappa shape index (κ3) is 2.82. The highest BCUT2D eigenvalue weighted by Crippen LogP contribution is 2.37. The fourth-order valence-corrected chi connectivity index (χ4v) is 2.67. The van der Waals surface area contributed by atoms with Gasteiger partial charge < -0.3 is 0 Å². The molecule has 0 radical (unpaired) electrons. The molecule has 18 heavy (non-hydrogen) atoms. The Labute approximate surface area is 105 Å². The molecule has 1 aliphatic carbocycles. The summed E-state index contributed by atoms with van der Waals surface area (Å²) in [6, 6.07) is 0.103. The molecule has 1 aromatic rings. The van der Waals surface area contributed by atoms with Gasteiger partial charge in [0.1, 0.15) is 0 Å². The summed E-state index contributed by atoms with van der Waals surface area (Å²) in [6.07, 6.45) is 4.67. The topological polar surface area (TPSA) is 26.9 Å². The van der Waals surface area contributed by atoms with Crippen molar-refractivity contribution in [1.29, 1.82) is 0 Å². The third-order valence-electron chi connectivity index (χ3n) is 3.63. The monoisotopic (exact) mass is 258 g/mol. The van der Waals surface area contributed by atoms with E-state index in [-0.39, 0.29) is 30.5 Å². The van der Waals surface area contributed by atoms with Gasteiger partial charge in [-0.1, -0.05) is 0 Å². The van der Waals surface area contributed by atoms with E-state index in [0.29, 0.717) is 13.0 Å². The summed E-state index contributed by atoms with van der Waals surface area (Å²) >= 11 is 0. The van der Waals surface area contributed by atoms with Crippen LogP contribution in [0, 0.1) is 5.92 Å². The standard InChI is InChI=1S/C13H20F2N2O/c1-10(2)17-7-6-16(12(17)18)9-11-4-3-5-13(14,15)8-11/h6-7,10-11H,3-5,8-9H2,1-2H3. The van der Waals surface area contributed by atoms with Gasteiger partial charge in [-0.2, -0.15) is 0 Å². The summed E-state index contributed by atoms with van der Waals surface area (Å²) in [5.41, 5.74) is -0.0983. The van der Waals surface area contributed by atoms with Crippen molar-refractivity contribution in [3.63, 3.8) is 0 Å². The molecule has 1 unspecified atom stereocenters. The summed E-state index contributed by atoms with van der Waals surface area (Å²) in [5.74, 6) is -2.64. The second-order valence-electron chi connectivity index (χ2n) is 5.55. The molecule has 0 aliphatic heterocycles. The maximum absolute atomic E-state index is 13.3. The van der Waals surface area contributed by atoms with E-state index in [2.05, 4.69) is 0 Å². The second kappa shape index (κ2) is 4.86. The van der Waals surface area contributed by atoms with Crippen LogP contribution in [0.25, 0.3) is 0 Å². The van der Waals surface area contributed by atoms with Crippen LogP contribution >= 0.6 is 0 Å². The summed E-state index contributed by atoms with van der Waals surface area (Å²) in [4.78, 5) is 12.0. The first-order valence-electron chi connectivity index (χ1n) is 6.54. The number of halogens is 2. The van der Waals surface area contributed by atoms with Crippen molar-refractivity contribution in [3.05, 3.63) is 22.9 Å². The van der Waals surface area contributed by atoms with E-state index in [1.165, 1.54) is 0 Å². The first kappa shape index (κ1) is 13.3. The Bertz CT molecular complexity index is 462. The molecule has 102 valence electrons.